The summed E-state index contributed by atoms with van der Waals surface area (Å²) in [5.41, 5.74) is 2.59. The van der Waals surface area contributed by atoms with Crippen LogP contribution in [-0.4, -0.2) is 22.7 Å². The second kappa shape index (κ2) is 7.00. The molecule has 6 heteroatoms. The van der Waals surface area contributed by atoms with Gasteiger partial charge in [0.25, 0.3) is 5.91 Å². The van der Waals surface area contributed by atoms with E-state index in [4.69, 9.17) is 9.52 Å². The van der Waals surface area contributed by atoms with Crippen molar-refractivity contribution in [1.29, 1.82) is 0 Å². The number of hydrogen-bond acceptors (Lipinski definition) is 4. The Morgan fingerprint density at radius 3 is 2.43 bits per heavy atom. The Kier molecular flexibility index (Phi) is 4.37. The molecule has 1 aromatic heterocycles. The van der Waals surface area contributed by atoms with Crippen LogP contribution in [0.4, 0.5) is 5.69 Å². The number of rotatable bonds is 4. The van der Waals surface area contributed by atoms with Crippen LogP contribution in [0.25, 0.3) is 17.4 Å². The van der Waals surface area contributed by atoms with Gasteiger partial charge >= 0.3 is 5.97 Å². The molecule has 0 atom stereocenters. The van der Waals surface area contributed by atoms with Crippen LogP contribution >= 0.6 is 0 Å². The van der Waals surface area contributed by atoms with Crippen molar-refractivity contribution in [2.75, 3.05) is 5.01 Å². The minimum Gasteiger partial charge on any atom is -0.478 e. The van der Waals surface area contributed by atoms with Crippen molar-refractivity contribution in [3.63, 3.8) is 0 Å². The standard InChI is InChI=1S/C22H16N2O4/c1-14-19(13-18-11-12-20(28-18)15-5-3-2-4-6-15)21(25)24(23-14)17-9-7-16(8-10-17)22(26)27/h2-13H,1H3,(H,26,27)/b19-13-. The summed E-state index contributed by atoms with van der Waals surface area (Å²) >= 11 is 0. The summed E-state index contributed by atoms with van der Waals surface area (Å²) in [5.74, 6) is -0.0433. The molecule has 3 aromatic rings. The van der Waals surface area contributed by atoms with Gasteiger partial charge in [0, 0.05) is 5.56 Å². The molecule has 0 saturated heterocycles. The van der Waals surface area contributed by atoms with Crippen molar-refractivity contribution in [3.8, 4) is 11.3 Å². The van der Waals surface area contributed by atoms with Gasteiger partial charge in [0.15, 0.2) is 0 Å². The summed E-state index contributed by atoms with van der Waals surface area (Å²) in [6, 6.07) is 19.4. The van der Waals surface area contributed by atoms with Crippen molar-refractivity contribution in [3.05, 3.63) is 83.6 Å². The molecule has 1 amide bonds. The molecule has 2 aromatic carbocycles. The molecule has 0 spiro atoms. The van der Waals surface area contributed by atoms with Crippen LogP contribution in [0, 0.1) is 0 Å². The molecule has 0 bridgehead atoms. The number of carboxylic acids is 1. The van der Waals surface area contributed by atoms with Crippen LogP contribution < -0.4 is 5.01 Å². The third kappa shape index (κ3) is 3.23. The fraction of sp³-hybridized carbons (Fsp3) is 0.0455. The summed E-state index contributed by atoms with van der Waals surface area (Å²) in [7, 11) is 0. The molecule has 4 rings (SSSR count). The van der Waals surface area contributed by atoms with Crippen LogP contribution in [0.2, 0.25) is 0 Å². The zero-order valence-electron chi connectivity index (χ0n) is 15.0. The SMILES string of the molecule is CC1=NN(c2ccc(C(=O)O)cc2)C(=O)/C1=C\c1ccc(-c2ccccc2)o1. The van der Waals surface area contributed by atoms with Gasteiger partial charge in [-0.25, -0.2) is 4.79 Å². The summed E-state index contributed by atoms with van der Waals surface area (Å²) in [6.45, 7) is 1.75. The van der Waals surface area contributed by atoms with Crippen molar-refractivity contribution < 1.29 is 19.1 Å². The first-order valence-electron chi connectivity index (χ1n) is 8.63. The molecular weight excluding hydrogens is 356 g/mol. The zero-order chi connectivity index (χ0) is 19.7. The number of carbonyl (C=O) groups is 2. The molecule has 0 saturated carbocycles. The Bertz CT molecular complexity index is 1110. The number of aromatic carboxylic acids is 1. The average Bonchev–Trinajstić information content (AvgIpc) is 3.29. The first kappa shape index (κ1) is 17.5. The van der Waals surface area contributed by atoms with Gasteiger partial charge in [-0.3, -0.25) is 4.79 Å². The second-order valence-corrected chi connectivity index (χ2v) is 6.28. The number of hydrogen-bond donors (Lipinski definition) is 1. The number of carbonyl (C=O) groups excluding carboxylic acids is 1. The number of carboxylic acid groups (broad SMARTS) is 1. The van der Waals surface area contributed by atoms with Crippen LogP contribution in [-0.2, 0) is 4.79 Å². The molecule has 0 aliphatic carbocycles. The Balaban J connectivity index is 1.60. The van der Waals surface area contributed by atoms with E-state index in [1.54, 1.807) is 31.2 Å². The highest BCUT2D eigenvalue weighted by Gasteiger charge is 2.29. The lowest BCUT2D eigenvalue weighted by atomic mass is 10.1. The van der Waals surface area contributed by atoms with Crippen molar-refractivity contribution >= 4 is 29.4 Å². The fourth-order valence-corrected chi connectivity index (χ4v) is 2.93. The number of furan rings is 1. The van der Waals surface area contributed by atoms with Crippen LogP contribution in [0.5, 0.6) is 0 Å². The van der Waals surface area contributed by atoms with Gasteiger partial charge in [0.1, 0.15) is 11.5 Å². The number of hydrazone groups is 1. The molecule has 2 heterocycles. The molecular formula is C22H16N2O4. The molecule has 1 N–H and O–H groups in total. The van der Waals surface area contributed by atoms with Gasteiger partial charge < -0.3 is 9.52 Å². The molecule has 1 aliphatic heterocycles. The first-order valence-corrected chi connectivity index (χ1v) is 8.63. The van der Waals surface area contributed by atoms with Gasteiger partial charge in [-0.15, -0.1) is 0 Å². The van der Waals surface area contributed by atoms with Crippen molar-refractivity contribution in [2.45, 2.75) is 6.92 Å². The lowest BCUT2D eigenvalue weighted by Crippen LogP contribution is -2.21. The first-order chi connectivity index (χ1) is 13.5. The van der Waals surface area contributed by atoms with E-state index in [9.17, 15) is 9.59 Å². The van der Waals surface area contributed by atoms with E-state index >= 15 is 0 Å². The summed E-state index contributed by atoms with van der Waals surface area (Å²) in [4.78, 5) is 23.8. The zero-order valence-corrected chi connectivity index (χ0v) is 15.0. The van der Waals surface area contributed by atoms with Crippen LogP contribution in [0.1, 0.15) is 23.0 Å². The minimum atomic E-state index is -1.02. The van der Waals surface area contributed by atoms with Gasteiger partial charge in [-0.1, -0.05) is 30.3 Å². The Morgan fingerprint density at radius 2 is 1.75 bits per heavy atom. The van der Waals surface area contributed by atoms with Gasteiger partial charge in [0.2, 0.25) is 0 Å². The summed E-state index contributed by atoms with van der Waals surface area (Å²) in [5, 5.41) is 14.6. The predicted octanol–water partition coefficient (Wildman–Crippen LogP) is 4.45. The average molecular weight is 372 g/mol. The van der Waals surface area contributed by atoms with Gasteiger partial charge in [-0.05, 0) is 49.4 Å². The predicted molar refractivity (Wildman–Crippen MR) is 106 cm³/mol. The fourth-order valence-electron chi connectivity index (χ4n) is 2.93. The third-order valence-electron chi connectivity index (χ3n) is 4.39. The molecule has 138 valence electrons. The highest BCUT2D eigenvalue weighted by molar-refractivity contribution is 6.32. The molecule has 0 radical (unpaired) electrons. The highest BCUT2D eigenvalue weighted by Crippen LogP contribution is 2.27. The Labute approximate surface area is 161 Å². The normalized spacial score (nSPS) is 15.2. The maximum Gasteiger partial charge on any atom is 0.335 e. The minimum absolute atomic E-state index is 0.149. The summed E-state index contributed by atoms with van der Waals surface area (Å²) < 4.78 is 5.84. The van der Waals surface area contributed by atoms with E-state index in [0.29, 0.717) is 28.5 Å². The largest absolute Gasteiger partial charge is 0.478 e. The summed E-state index contributed by atoms with van der Waals surface area (Å²) in [6.07, 6.45) is 1.67. The monoisotopic (exact) mass is 372 g/mol. The number of anilines is 1. The Hall–Kier alpha value is -3.93. The maximum absolute atomic E-state index is 12.8. The molecule has 1 aliphatic rings. The third-order valence-corrected chi connectivity index (χ3v) is 4.39. The smallest absolute Gasteiger partial charge is 0.335 e. The van der Waals surface area contributed by atoms with E-state index in [0.717, 1.165) is 5.56 Å². The van der Waals surface area contributed by atoms with E-state index < -0.39 is 5.97 Å². The maximum atomic E-state index is 12.8. The quantitative estimate of drug-likeness (QED) is 0.686. The van der Waals surface area contributed by atoms with Crippen molar-refractivity contribution in [2.24, 2.45) is 5.10 Å². The molecule has 6 nitrogen and oxygen atoms in total. The van der Waals surface area contributed by atoms with Gasteiger partial charge in [-0.2, -0.15) is 10.1 Å². The second-order valence-electron chi connectivity index (χ2n) is 6.28. The number of nitrogens with zero attached hydrogens (tertiary/aromatic N) is 2. The molecule has 0 fully saturated rings. The van der Waals surface area contributed by atoms with E-state index in [2.05, 4.69) is 5.10 Å². The molecule has 28 heavy (non-hydrogen) atoms. The lowest BCUT2D eigenvalue weighted by molar-refractivity contribution is -0.114. The number of amides is 1. The van der Waals surface area contributed by atoms with Gasteiger partial charge in [0.05, 0.1) is 22.5 Å². The Morgan fingerprint density at radius 1 is 1.04 bits per heavy atom. The van der Waals surface area contributed by atoms with Crippen LogP contribution in [0.15, 0.2) is 81.8 Å². The van der Waals surface area contributed by atoms with Crippen molar-refractivity contribution in [1.82, 2.24) is 0 Å². The van der Waals surface area contributed by atoms with E-state index in [-0.39, 0.29) is 11.5 Å². The lowest BCUT2D eigenvalue weighted by Gasteiger charge is -2.11. The topological polar surface area (TPSA) is 83.1 Å². The van der Waals surface area contributed by atoms with E-state index in [1.807, 2.05) is 36.4 Å². The highest BCUT2D eigenvalue weighted by atomic mass is 16.4. The van der Waals surface area contributed by atoms with Crippen LogP contribution in [0.3, 0.4) is 0 Å². The van der Waals surface area contributed by atoms with E-state index in [1.165, 1.54) is 17.1 Å². The number of benzene rings is 2. The molecule has 0 unspecified atom stereocenters.